The molecule has 0 unspecified atom stereocenters. The molecule has 3 aromatic rings. The zero-order valence-corrected chi connectivity index (χ0v) is 10.8. The highest BCUT2D eigenvalue weighted by Crippen LogP contribution is 2.23. The van der Waals surface area contributed by atoms with Gasteiger partial charge in [-0.1, -0.05) is 0 Å². The molecule has 0 bridgehead atoms. The van der Waals surface area contributed by atoms with Gasteiger partial charge in [-0.25, -0.2) is 4.98 Å². The molecule has 0 spiro atoms. The fourth-order valence-electron chi connectivity index (χ4n) is 2.00. The molecule has 0 amide bonds. The lowest BCUT2D eigenvalue weighted by atomic mass is 10.1. The number of aliphatic hydroxyl groups excluding tert-OH is 1. The summed E-state index contributed by atoms with van der Waals surface area (Å²) in [6.45, 7) is -0.0248. The van der Waals surface area contributed by atoms with Gasteiger partial charge in [-0.3, -0.25) is 9.97 Å². The van der Waals surface area contributed by atoms with E-state index in [9.17, 15) is 5.11 Å². The Balaban J connectivity index is 2.13. The minimum Gasteiger partial charge on any atom is -0.392 e. The first-order valence-corrected chi connectivity index (χ1v) is 6.29. The van der Waals surface area contributed by atoms with Crippen molar-refractivity contribution in [2.24, 2.45) is 0 Å². The summed E-state index contributed by atoms with van der Waals surface area (Å²) in [6.07, 6.45) is 6.97. The third-order valence-corrected chi connectivity index (χ3v) is 2.98. The van der Waals surface area contributed by atoms with Crippen LogP contribution < -0.4 is 0 Å². The molecular weight excluding hydrogens is 250 g/mol. The quantitative estimate of drug-likeness (QED) is 0.789. The van der Waals surface area contributed by atoms with Crippen molar-refractivity contribution in [1.29, 1.82) is 0 Å². The summed E-state index contributed by atoms with van der Waals surface area (Å²) in [6, 6.07) is 11.4. The first kappa shape index (κ1) is 12.4. The summed E-state index contributed by atoms with van der Waals surface area (Å²) in [5, 5.41) is 9.42. The number of rotatable bonds is 3. The van der Waals surface area contributed by atoms with Gasteiger partial charge >= 0.3 is 0 Å². The number of aliphatic hydroxyl groups is 1. The van der Waals surface area contributed by atoms with Crippen LogP contribution in [0.1, 0.15) is 5.56 Å². The van der Waals surface area contributed by atoms with Gasteiger partial charge in [-0.05, 0) is 42.0 Å². The molecule has 0 aliphatic carbocycles. The lowest BCUT2D eigenvalue weighted by Crippen LogP contribution is -1.93. The first-order chi connectivity index (χ1) is 9.86. The first-order valence-electron chi connectivity index (χ1n) is 6.29. The Labute approximate surface area is 116 Å². The molecule has 1 N–H and O–H groups in total. The molecule has 0 saturated heterocycles. The fourth-order valence-corrected chi connectivity index (χ4v) is 2.00. The van der Waals surface area contributed by atoms with Crippen molar-refractivity contribution >= 4 is 0 Å². The van der Waals surface area contributed by atoms with E-state index in [-0.39, 0.29) is 6.61 Å². The molecule has 0 radical (unpaired) electrons. The van der Waals surface area contributed by atoms with Crippen molar-refractivity contribution in [2.75, 3.05) is 0 Å². The van der Waals surface area contributed by atoms with E-state index >= 15 is 0 Å². The Morgan fingerprint density at radius 1 is 0.850 bits per heavy atom. The minimum atomic E-state index is -0.0248. The standard InChI is InChI=1S/C16H13N3O/c20-11-12-7-15(13-3-1-5-17-9-13)19-16(8-12)14-4-2-6-18-10-14/h1-10,20H,11H2. The lowest BCUT2D eigenvalue weighted by Gasteiger charge is -2.07. The van der Waals surface area contributed by atoms with Gasteiger partial charge < -0.3 is 5.11 Å². The maximum Gasteiger partial charge on any atom is 0.0728 e. The van der Waals surface area contributed by atoms with Gasteiger partial charge in [0.2, 0.25) is 0 Å². The Morgan fingerprint density at radius 3 is 1.80 bits per heavy atom. The van der Waals surface area contributed by atoms with Crippen LogP contribution in [0.2, 0.25) is 0 Å². The summed E-state index contributed by atoms with van der Waals surface area (Å²) in [4.78, 5) is 12.8. The van der Waals surface area contributed by atoms with Gasteiger partial charge in [0, 0.05) is 35.9 Å². The molecular formula is C16H13N3O. The molecule has 3 heterocycles. The van der Waals surface area contributed by atoms with E-state index in [2.05, 4.69) is 15.0 Å². The van der Waals surface area contributed by atoms with Crippen LogP contribution in [0.3, 0.4) is 0 Å². The second kappa shape index (κ2) is 5.59. The van der Waals surface area contributed by atoms with E-state index in [1.54, 1.807) is 24.8 Å². The Morgan fingerprint density at radius 2 is 1.40 bits per heavy atom. The largest absolute Gasteiger partial charge is 0.392 e. The van der Waals surface area contributed by atoms with Crippen LogP contribution in [0.25, 0.3) is 22.5 Å². The van der Waals surface area contributed by atoms with Gasteiger partial charge in [0.15, 0.2) is 0 Å². The van der Waals surface area contributed by atoms with Crippen molar-refractivity contribution < 1.29 is 5.11 Å². The highest BCUT2D eigenvalue weighted by Gasteiger charge is 2.06. The van der Waals surface area contributed by atoms with E-state index < -0.39 is 0 Å². The van der Waals surface area contributed by atoms with E-state index in [4.69, 9.17) is 0 Å². The minimum absolute atomic E-state index is 0.0248. The number of hydrogen-bond donors (Lipinski definition) is 1. The summed E-state index contributed by atoms with van der Waals surface area (Å²) in [7, 11) is 0. The summed E-state index contributed by atoms with van der Waals surface area (Å²) >= 11 is 0. The van der Waals surface area contributed by atoms with Gasteiger partial charge in [0.05, 0.1) is 18.0 Å². The predicted octanol–water partition coefficient (Wildman–Crippen LogP) is 2.70. The van der Waals surface area contributed by atoms with E-state index in [0.29, 0.717) is 0 Å². The monoisotopic (exact) mass is 263 g/mol. The molecule has 4 nitrogen and oxygen atoms in total. The van der Waals surface area contributed by atoms with Gasteiger partial charge in [0.25, 0.3) is 0 Å². The third kappa shape index (κ3) is 2.55. The normalized spacial score (nSPS) is 10.4. The van der Waals surface area contributed by atoms with E-state index in [1.165, 1.54) is 0 Å². The molecule has 3 rings (SSSR count). The molecule has 20 heavy (non-hydrogen) atoms. The van der Waals surface area contributed by atoms with Crippen LogP contribution in [0, 0.1) is 0 Å². The predicted molar refractivity (Wildman–Crippen MR) is 76.6 cm³/mol. The Kier molecular flexibility index (Phi) is 3.48. The molecule has 0 aliphatic rings. The van der Waals surface area contributed by atoms with Crippen molar-refractivity contribution in [3.63, 3.8) is 0 Å². The van der Waals surface area contributed by atoms with Crippen LogP contribution in [0.15, 0.2) is 61.2 Å². The van der Waals surface area contributed by atoms with Crippen molar-refractivity contribution in [2.45, 2.75) is 6.61 Å². The van der Waals surface area contributed by atoms with Crippen LogP contribution in [-0.2, 0) is 6.61 Å². The Hall–Kier alpha value is -2.59. The number of hydrogen-bond acceptors (Lipinski definition) is 4. The van der Waals surface area contributed by atoms with Crippen LogP contribution in [-0.4, -0.2) is 20.1 Å². The van der Waals surface area contributed by atoms with Crippen LogP contribution >= 0.6 is 0 Å². The second-order valence-corrected chi connectivity index (χ2v) is 4.39. The molecule has 98 valence electrons. The smallest absolute Gasteiger partial charge is 0.0728 e. The fraction of sp³-hybridized carbons (Fsp3) is 0.0625. The highest BCUT2D eigenvalue weighted by atomic mass is 16.3. The SMILES string of the molecule is OCc1cc(-c2cccnc2)nc(-c2cccnc2)c1. The maximum absolute atomic E-state index is 9.42. The molecule has 3 aromatic heterocycles. The molecule has 0 atom stereocenters. The zero-order valence-electron chi connectivity index (χ0n) is 10.8. The van der Waals surface area contributed by atoms with Crippen LogP contribution in [0.4, 0.5) is 0 Å². The number of aromatic nitrogens is 3. The van der Waals surface area contributed by atoms with Crippen LogP contribution in [0.5, 0.6) is 0 Å². The third-order valence-electron chi connectivity index (χ3n) is 2.98. The molecule has 0 fully saturated rings. The summed E-state index contributed by atoms with van der Waals surface area (Å²) in [5.41, 5.74) is 4.26. The topological polar surface area (TPSA) is 58.9 Å². The lowest BCUT2D eigenvalue weighted by molar-refractivity contribution is 0.282. The average Bonchev–Trinajstić information content (AvgIpc) is 2.56. The van der Waals surface area contributed by atoms with Crippen molar-refractivity contribution in [3.05, 3.63) is 66.7 Å². The second-order valence-electron chi connectivity index (χ2n) is 4.39. The average molecular weight is 263 g/mol. The van der Waals surface area contributed by atoms with Gasteiger partial charge in [-0.15, -0.1) is 0 Å². The van der Waals surface area contributed by atoms with Crippen molar-refractivity contribution in [1.82, 2.24) is 15.0 Å². The van der Waals surface area contributed by atoms with Gasteiger partial charge in [0.1, 0.15) is 0 Å². The number of pyridine rings is 3. The highest BCUT2D eigenvalue weighted by molar-refractivity contribution is 5.66. The Bertz CT molecular complexity index is 642. The van der Waals surface area contributed by atoms with E-state index in [1.807, 2.05) is 36.4 Å². The van der Waals surface area contributed by atoms with E-state index in [0.717, 1.165) is 28.1 Å². The summed E-state index contributed by atoms with van der Waals surface area (Å²) < 4.78 is 0. The zero-order chi connectivity index (χ0) is 13.8. The van der Waals surface area contributed by atoms with Gasteiger partial charge in [-0.2, -0.15) is 0 Å². The molecule has 0 aromatic carbocycles. The number of nitrogens with zero attached hydrogens (tertiary/aromatic N) is 3. The molecule has 0 saturated carbocycles. The van der Waals surface area contributed by atoms with Crippen molar-refractivity contribution in [3.8, 4) is 22.5 Å². The summed E-state index contributed by atoms with van der Waals surface area (Å²) in [5.74, 6) is 0. The molecule has 0 aliphatic heterocycles. The molecule has 4 heteroatoms. The maximum atomic E-state index is 9.42.